The number of non-ortho nitro benzene ring substituents is 1. The molecule has 0 bridgehead atoms. The van der Waals surface area contributed by atoms with Gasteiger partial charge in [0.2, 0.25) is 11.8 Å². The molecule has 138 valence electrons. The zero-order valence-electron chi connectivity index (χ0n) is 14.5. The van der Waals surface area contributed by atoms with E-state index in [1.807, 2.05) is 4.90 Å². The molecule has 0 atom stereocenters. The summed E-state index contributed by atoms with van der Waals surface area (Å²) >= 11 is 0. The number of carbonyl (C=O) groups is 2. The maximum absolute atomic E-state index is 12.3. The molecule has 2 fully saturated rings. The van der Waals surface area contributed by atoms with E-state index in [0.717, 1.165) is 12.8 Å². The summed E-state index contributed by atoms with van der Waals surface area (Å²) in [7, 11) is 0. The minimum absolute atomic E-state index is 0.00214. The third-order valence-corrected chi connectivity index (χ3v) is 4.49. The molecule has 1 aromatic rings. The van der Waals surface area contributed by atoms with Gasteiger partial charge in [0.25, 0.3) is 5.69 Å². The van der Waals surface area contributed by atoms with Crippen LogP contribution in [0.2, 0.25) is 0 Å². The molecule has 1 saturated carbocycles. The van der Waals surface area contributed by atoms with Crippen LogP contribution in [0.4, 0.5) is 5.69 Å². The Labute approximate surface area is 151 Å². The van der Waals surface area contributed by atoms with E-state index >= 15 is 0 Å². The van der Waals surface area contributed by atoms with E-state index < -0.39 is 4.92 Å². The number of hydrogen-bond acceptors (Lipinski definition) is 5. The molecule has 8 nitrogen and oxygen atoms in total. The quantitative estimate of drug-likeness (QED) is 0.465. The van der Waals surface area contributed by atoms with Gasteiger partial charge in [0.15, 0.2) is 0 Å². The number of piperazine rings is 1. The van der Waals surface area contributed by atoms with Crippen molar-refractivity contribution in [3.05, 3.63) is 46.0 Å². The second kappa shape index (κ2) is 8.09. The standard InChI is InChI=1S/C18H22N4O4/c23-17(19-15-5-6-15)13-20-8-10-21(11-9-20)18(24)7-4-14-2-1-3-16(12-14)22(25)26/h1-4,7,12,15H,5-6,8-11,13H2,(H,19,23)/b7-4+. The van der Waals surface area contributed by atoms with Crippen molar-refractivity contribution in [3.63, 3.8) is 0 Å². The number of amides is 2. The summed E-state index contributed by atoms with van der Waals surface area (Å²) in [6, 6.07) is 6.52. The lowest BCUT2D eigenvalue weighted by molar-refractivity contribution is -0.384. The first-order chi connectivity index (χ1) is 12.5. The Morgan fingerprint density at radius 2 is 1.96 bits per heavy atom. The van der Waals surface area contributed by atoms with Crippen molar-refractivity contribution in [1.82, 2.24) is 15.1 Å². The third kappa shape index (κ3) is 5.13. The average Bonchev–Trinajstić information content (AvgIpc) is 3.44. The van der Waals surface area contributed by atoms with Crippen LogP contribution < -0.4 is 5.32 Å². The summed E-state index contributed by atoms with van der Waals surface area (Å²) in [6.07, 6.45) is 5.18. The van der Waals surface area contributed by atoms with E-state index in [0.29, 0.717) is 44.3 Å². The van der Waals surface area contributed by atoms with E-state index in [1.54, 1.807) is 23.1 Å². The van der Waals surface area contributed by atoms with Crippen LogP contribution in [0.15, 0.2) is 30.3 Å². The summed E-state index contributed by atoms with van der Waals surface area (Å²) in [4.78, 5) is 38.2. The molecule has 1 saturated heterocycles. The topological polar surface area (TPSA) is 95.8 Å². The monoisotopic (exact) mass is 358 g/mol. The second-order valence-corrected chi connectivity index (χ2v) is 6.63. The normalized spacial score (nSPS) is 18.1. The van der Waals surface area contributed by atoms with E-state index in [2.05, 4.69) is 5.32 Å². The number of nitro groups is 1. The van der Waals surface area contributed by atoms with Gasteiger partial charge in [-0.15, -0.1) is 0 Å². The zero-order chi connectivity index (χ0) is 18.5. The molecule has 1 aromatic carbocycles. The number of nitrogens with zero attached hydrogens (tertiary/aromatic N) is 3. The average molecular weight is 358 g/mol. The summed E-state index contributed by atoms with van der Waals surface area (Å²) in [5, 5.41) is 13.7. The molecule has 26 heavy (non-hydrogen) atoms. The fourth-order valence-electron chi connectivity index (χ4n) is 2.85. The number of benzene rings is 1. The van der Waals surface area contributed by atoms with Crippen LogP contribution in [-0.2, 0) is 9.59 Å². The summed E-state index contributed by atoms with van der Waals surface area (Å²) in [6.45, 7) is 2.83. The highest BCUT2D eigenvalue weighted by Crippen LogP contribution is 2.18. The van der Waals surface area contributed by atoms with Crippen molar-refractivity contribution in [2.24, 2.45) is 0 Å². The predicted molar refractivity (Wildman–Crippen MR) is 96.3 cm³/mol. The summed E-state index contributed by atoms with van der Waals surface area (Å²) in [5.74, 6) is -0.0727. The molecule has 2 amide bonds. The van der Waals surface area contributed by atoms with Crippen LogP contribution in [0.3, 0.4) is 0 Å². The molecule has 8 heteroatoms. The van der Waals surface area contributed by atoms with Crippen LogP contribution >= 0.6 is 0 Å². The molecule has 3 rings (SSSR count). The highest BCUT2D eigenvalue weighted by atomic mass is 16.6. The number of hydrogen-bond donors (Lipinski definition) is 1. The molecule has 1 aliphatic carbocycles. The number of rotatable bonds is 6. The van der Waals surface area contributed by atoms with Gasteiger partial charge in [-0.05, 0) is 24.5 Å². The Kier molecular flexibility index (Phi) is 5.62. The zero-order valence-corrected chi connectivity index (χ0v) is 14.5. The maximum atomic E-state index is 12.3. The lowest BCUT2D eigenvalue weighted by Gasteiger charge is -2.33. The molecule has 0 spiro atoms. The van der Waals surface area contributed by atoms with Crippen molar-refractivity contribution < 1.29 is 14.5 Å². The lowest BCUT2D eigenvalue weighted by atomic mass is 10.2. The van der Waals surface area contributed by atoms with Crippen molar-refractivity contribution in [1.29, 1.82) is 0 Å². The Morgan fingerprint density at radius 3 is 2.62 bits per heavy atom. The highest BCUT2D eigenvalue weighted by molar-refractivity contribution is 5.92. The van der Waals surface area contributed by atoms with E-state index in [-0.39, 0.29) is 17.5 Å². The van der Waals surface area contributed by atoms with Crippen molar-refractivity contribution in [2.75, 3.05) is 32.7 Å². The predicted octanol–water partition coefficient (Wildman–Crippen LogP) is 1.03. The fourth-order valence-corrected chi connectivity index (χ4v) is 2.85. The Bertz CT molecular complexity index is 722. The lowest BCUT2D eigenvalue weighted by Crippen LogP contribution is -2.51. The molecule has 1 aliphatic heterocycles. The molecular formula is C18H22N4O4. The van der Waals surface area contributed by atoms with Crippen LogP contribution in [0.5, 0.6) is 0 Å². The fraction of sp³-hybridized carbons (Fsp3) is 0.444. The molecule has 0 aromatic heterocycles. The van der Waals surface area contributed by atoms with E-state index in [4.69, 9.17) is 0 Å². The van der Waals surface area contributed by atoms with Gasteiger partial charge < -0.3 is 10.2 Å². The van der Waals surface area contributed by atoms with E-state index in [1.165, 1.54) is 18.2 Å². The second-order valence-electron chi connectivity index (χ2n) is 6.63. The van der Waals surface area contributed by atoms with Crippen molar-refractivity contribution in [2.45, 2.75) is 18.9 Å². The van der Waals surface area contributed by atoms with Gasteiger partial charge in [-0.3, -0.25) is 24.6 Å². The molecule has 0 unspecified atom stereocenters. The smallest absolute Gasteiger partial charge is 0.270 e. The number of nitro benzene ring substituents is 1. The van der Waals surface area contributed by atoms with Gasteiger partial charge in [-0.1, -0.05) is 12.1 Å². The molecule has 1 heterocycles. The summed E-state index contributed by atoms with van der Waals surface area (Å²) < 4.78 is 0. The minimum Gasteiger partial charge on any atom is -0.352 e. The molecule has 0 radical (unpaired) electrons. The third-order valence-electron chi connectivity index (χ3n) is 4.49. The van der Waals surface area contributed by atoms with Crippen molar-refractivity contribution >= 4 is 23.6 Å². The van der Waals surface area contributed by atoms with Gasteiger partial charge in [0.05, 0.1) is 11.5 Å². The Morgan fingerprint density at radius 1 is 1.23 bits per heavy atom. The van der Waals surface area contributed by atoms with Crippen LogP contribution in [0.1, 0.15) is 18.4 Å². The van der Waals surface area contributed by atoms with Crippen molar-refractivity contribution in [3.8, 4) is 0 Å². The van der Waals surface area contributed by atoms with Gasteiger partial charge in [-0.2, -0.15) is 0 Å². The van der Waals surface area contributed by atoms with Crippen LogP contribution in [0.25, 0.3) is 6.08 Å². The first-order valence-electron chi connectivity index (χ1n) is 8.74. The first kappa shape index (κ1) is 18.1. The van der Waals surface area contributed by atoms with Crippen LogP contribution in [0, 0.1) is 10.1 Å². The number of carbonyl (C=O) groups excluding carboxylic acids is 2. The van der Waals surface area contributed by atoms with Gasteiger partial charge in [0.1, 0.15) is 0 Å². The van der Waals surface area contributed by atoms with Gasteiger partial charge in [-0.25, -0.2) is 0 Å². The largest absolute Gasteiger partial charge is 0.352 e. The number of nitrogens with one attached hydrogen (secondary N) is 1. The molecular weight excluding hydrogens is 336 g/mol. The van der Waals surface area contributed by atoms with Gasteiger partial charge in [0, 0.05) is 50.4 Å². The van der Waals surface area contributed by atoms with Gasteiger partial charge >= 0.3 is 0 Å². The van der Waals surface area contributed by atoms with Crippen LogP contribution in [-0.4, -0.2) is 65.3 Å². The highest BCUT2D eigenvalue weighted by Gasteiger charge is 2.25. The molecule has 1 N–H and O–H groups in total. The Hall–Kier alpha value is -2.74. The SMILES string of the molecule is O=C(CN1CCN(C(=O)/C=C/c2cccc([N+](=O)[O-])c2)CC1)NC1CC1. The molecule has 2 aliphatic rings. The Balaban J connectivity index is 1.46. The maximum Gasteiger partial charge on any atom is 0.270 e. The minimum atomic E-state index is -0.461. The summed E-state index contributed by atoms with van der Waals surface area (Å²) in [5.41, 5.74) is 0.612. The first-order valence-corrected chi connectivity index (χ1v) is 8.74. The van der Waals surface area contributed by atoms with E-state index in [9.17, 15) is 19.7 Å².